The highest BCUT2D eigenvalue weighted by atomic mass is 16.3. The van der Waals surface area contributed by atoms with E-state index >= 15 is 0 Å². The predicted molar refractivity (Wildman–Crippen MR) is 126 cm³/mol. The van der Waals surface area contributed by atoms with Crippen LogP contribution < -0.4 is 5.32 Å². The lowest BCUT2D eigenvalue weighted by atomic mass is 9.44. The third-order valence-electron chi connectivity index (χ3n) is 9.67. The standard InChI is InChI=1S/C28H39NO2/c1-17(2)29-20-8-5-18(6-9-20)23-16-28(4)24(11-12-25(28)31)22-10-7-19-15-21(30)13-14-27(19,3)26(22)23/h5-6,8-9,15,17,22-26,29,31H,7,10-14,16H2,1-4H3. The van der Waals surface area contributed by atoms with E-state index in [1.54, 1.807) is 0 Å². The molecule has 0 bridgehead atoms. The Balaban J connectivity index is 1.57. The molecule has 168 valence electrons. The second-order valence-corrected chi connectivity index (χ2v) is 11.7. The van der Waals surface area contributed by atoms with Gasteiger partial charge in [-0.25, -0.2) is 0 Å². The number of hydrogen-bond donors (Lipinski definition) is 2. The minimum absolute atomic E-state index is 0.0166. The number of aliphatic hydroxyl groups excluding tert-OH is 1. The first-order chi connectivity index (χ1) is 14.7. The van der Waals surface area contributed by atoms with Gasteiger partial charge in [-0.2, -0.15) is 0 Å². The van der Waals surface area contributed by atoms with Crippen molar-refractivity contribution >= 4 is 11.5 Å². The first-order valence-electron chi connectivity index (χ1n) is 12.5. The molecule has 0 radical (unpaired) electrons. The van der Waals surface area contributed by atoms with Gasteiger partial charge in [0.05, 0.1) is 6.10 Å². The van der Waals surface area contributed by atoms with Crippen LogP contribution in [0.2, 0.25) is 0 Å². The Morgan fingerprint density at radius 2 is 1.81 bits per heavy atom. The van der Waals surface area contributed by atoms with Crippen LogP contribution in [0.3, 0.4) is 0 Å². The summed E-state index contributed by atoms with van der Waals surface area (Å²) in [4.78, 5) is 12.3. The number of anilines is 1. The van der Waals surface area contributed by atoms with Gasteiger partial charge in [0.2, 0.25) is 0 Å². The van der Waals surface area contributed by atoms with Gasteiger partial charge in [-0.15, -0.1) is 0 Å². The van der Waals surface area contributed by atoms with Crippen LogP contribution in [0.4, 0.5) is 5.69 Å². The van der Waals surface area contributed by atoms with E-state index in [1.165, 1.54) is 23.2 Å². The number of hydrogen-bond acceptors (Lipinski definition) is 3. The second-order valence-electron chi connectivity index (χ2n) is 11.7. The molecule has 3 heteroatoms. The molecule has 7 unspecified atom stereocenters. The van der Waals surface area contributed by atoms with Crippen molar-refractivity contribution in [1.82, 2.24) is 0 Å². The van der Waals surface area contributed by atoms with Crippen LogP contribution in [-0.2, 0) is 4.79 Å². The summed E-state index contributed by atoms with van der Waals surface area (Å²) in [5.41, 5.74) is 4.14. The highest BCUT2D eigenvalue weighted by Gasteiger charge is 2.62. The molecular formula is C28H39NO2. The van der Waals surface area contributed by atoms with Crippen molar-refractivity contribution in [3.63, 3.8) is 0 Å². The van der Waals surface area contributed by atoms with Gasteiger partial charge in [0.15, 0.2) is 5.78 Å². The van der Waals surface area contributed by atoms with Gasteiger partial charge in [-0.3, -0.25) is 4.79 Å². The fourth-order valence-electron chi connectivity index (χ4n) is 8.20. The quantitative estimate of drug-likeness (QED) is 0.620. The molecule has 0 saturated heterocycles. The summed E-state index contributed by atoms with van der Waals surface area (Å²) in [6.07, 6.45) is 8.93. The summed E-state index contributed by atoms with van der Waals surface area (Å²) in [5, 5.41) is 14.6. The van der Waals surface area contributed by atoms with Crippen LogP contribution in [0.1, 0.15) is 84.1 Å². The lowest BCUT2D eigenvalue weighted by Crippen LogP contribution is -2.54. The van der Waals surface area contributed by atoms with E-state index in [1.807, 2.05) is 6.08 Å². The van der Waals surface area contributed by atoms with Gasteiger partial charge in [0, 0.05) is 18.2 Å². The highest BCUT2D eigenvalue weighted by molar-refractivity contribution is 5.91. The molecule has 0 heterocycles. The van der Waals surface area contributed by atoms with E-state index < -0.39 is 0 Å². The first kappa shape index (κ1) is 21.2. The number of rotatable bonds is 3. The maximum atomic E-state index is 12.3. The van der Waals surface area contributed by atoms with E-state index in [-0.39, 0.29) is 16.9 Å². The van der Waals surface area contributed by atoms with Crippen molar-refractivity contribution in [2.24, 2.45) is 28.6 Å². The number of aliphatic hydroxyl groups is 1. The Morgan fingerprint density at radius 1 is 1.06 bits per heavy atom. The summed E-state index contributed by atoms with van der Waals surface area (Å²) < 4.78 is 0. The number of fused-ring (bicyclic) bond motifs is 5. The van der Waals surface area contributed by atoms with Gasteiger partial charge in [-0.05, 0) is 111 Å². The van der Waals surface area contributed by atoms with Gasteiger partial charge in [0.25, 0.3) is 0 Å². The van der Waals surface area contributed by atoms with Gasteiger partial charge >= 0.3 is 0 Å². The Morgan fingerprint density at radius 3 is 2.52 bits per heavy atom. The maximum Gasteiger partial charge on any atom is 0.155 e. The molecule has 0 amide bonds. The number of carbonyl (C=O) groups is 1. The number of nitrogens with one attached hydrogen (secondary N) is 1. The third-order valence-corrected chi connectivity index (χ3v) is 9.67. The van der Waals surface area contributed by atoms with E-state index in [2.05, 4.69) is 57.3 Å². The van der Waals surface area contributed by atoms with Crippen LogP contribution in [0, 0.1) is 28.6 Å². The van der Waals surface area contributed by atoms with Crippen molar-refractivity contribution in [3.05, 3.63) is 41.5 Å². The Kier molecular flexibility index (Phi) is 5.12. The van der Waals surface area contributed by atoms with Crippen molar-refractivity contribution in [2.75, 3.05) is 5.32 Å². The lowest BCUT2D eigenvalue weighted by molar-refractivity contribution is -0.118. The Hall–Kier alpha value is -1.61. The van der Waals surface area contributed by atoms with Crippen molar-refractivity contribution < 1.29 is 9.90 Å². The topological polar surface area (TPSA) is 49.3 Å². The van der Waals surface area contributed by atoms with Gasteiger partial charge < -0.3 is 10.4 Å². The average Bonchev–Trinajstić information content (AvgIpc) is 3.02. The van der Waals surface area contributed by atoms with Crippen LogP contribution >= 0.6 is 0 Å². The molecule has 4 aliphatic carbocycles. The fourth-order valence-corrected chi connectivity index (χ4v) is 8.20. The van der Waals surface area contributed by atoms with E-state index in [9.17, 15) is 9.90 Å². The van der Waals surface area contributed by atoms with Crippen molar-refractivity contribution in [3.8, 4) is 0 Å². The predicted octanol–water partition coefficient (Wildman–Crippen LogP) is 6.09. The average molecular weight is 422 g/mol. The second kappa shape index (κ2) is 7.47. The van der Waals surface area contributed by atoms with Gasteiger partial charge in [0.1, 0.15) is 0 Å². The van der Waals surface area contributed by atoms with E-state index in [0.717, 1.165) is 32.1 Å². The third kappa shape index (κ3) is 3.30. The zero-order chi connectivity index (χ0) is 22.0. The van der Waals surface area contributed by atoms with Gasteiger partial charge in [-0.1, -0.05) is 31.6 Å². The molecule has 2 N–H and O–H groups in total. The van der Waals surface area contributed by atoms with Crippen LogP contribution in [0.25, 0.3) is 0 Å². The molecule has 0 aliphatic heterocycles. The molecule has 3 nitrogen and oxygen atoms in total. The number of carbonyl (C=O) groups excluding carboxylic acids is 1. The van der Waals surface area contributed by atoms with Crippen molar-refractivity contribution in [1.29, 1.82) is 0 Å². The first-order valence-corrected chi connectivity index (χ1v) is 12.5. The highest BCUT2D eigenvalue weighted by Crippen LogP contribution is 2.68. The molecule has 0 spiro atoms. The lowest BCUT2D eigenvalue weighted by Gasteiger charge is -2.61. The van der Waals surface area contributed by atoms with Crippen LogP contribution in [0.5, 0.6) is 0 Å². The SMILES string of the molecule is CC(C)Nc1ccc(C2CC3(C)C(O)CCC3C3CCC4=CC(=O)CCC4(C)C23)cc1. The molecule has 3 fully saturated rings. The number of allylic oxidation sites excluding steroid dienone is 1. The summed E-state index contributed by atoms with van der Waals surface area (Å²) in [7, 11) is 0. The molecule has 0 aromatic heterocycles. The summed E-state index contributed by atoms with van der Waals surface area (Å²) in [6.45, 7) is 9.16. The minimum Gasteiger partial charge on any atom is -0.393 e. The van der Waals surface area contributed by atoms with E-state index in [4.69, 9.17) is 0 Å². The zero-order valence-corrected chi connectivity index (χ0v) is 19.7. The molecule has 5 rings (SSSR count). The zero-order valence-electron chi connectivity index (χ0n) is 19.7. The molecular weight excluding hydrogens is 382 g/mol. The molecule has 7 atom stereocenters. The Bertz CT molecular complexity index is 887. The molecule has 4 aliphatic rings. The van der Waals surface area contributed by atoms with E-state index in [0.29, 0.717) is 41.9 Å². The normalized spacial score (nSPS) is 41.9. The maximum absolute atomic E-state index is 12.3. The summed E-state index contributed by atoms with van der Waals surface area (Å²) in [6, 6.07) is 9.54. The largest absolute Gasteiger partial charge is 0.393 e. The monoisotopic (exact) mass is 421 g/mol. The molecule has 1 aromatic carbocycles. The van der Waals surface area contributed by atoms with Crippen LogP contribution in [-0.4, -0.2) is 23.0 Å². The fraction of sp³-hybridized carbons (Fsp3) is 0.679. The Labute approximate surface area is 187 Å². The molecule has 1 aromatic rings. The summed E-state index contributed by atoms with van der Waals surface area (Å²) in [5.74, 6) is 2.58. The molecule has 31 heavy (non-hydrogen) atoms. The van der Waals surface area contributed by atoms with Crippen LogP contribution in [0.15, 0.2) is 35.9 Å². The summed E-state index contributed by atoms with van der Waals surface area (Å²) >= 11 is 0. The number of benzene rings is 1. The smallest absolute Gasteiger partial charge is 0.155 e. The minimum atomic E-state index is -0.180. The van der Waals surface area contributed by atoms with Crippen molar-refractivity contribution in [2.45, 2.75) is 90.7 Å². The number of ketones is 1. The molecule has 3 saturated carbocycles.